The van der Waals surface area contributed by atoms with E-state index < -0.39 is 16.2 Å². The van der Waals surface area contributed by atoms with Crippen LogP contribution in [0.4, 0.5) is 0 Å². The van der Waals surface area contributed by atoms with Gasteiger partial charge in [0, 0.05) is 67.4 Å². The van der Waals surface area contributed by atoms with Gasteiger partial charge in [-0.15, -0.1) is 0 Å². The van der Waals surface area contributed by atoms with Crippen LogP contribution < -0.4 is 14.2 Å². The van der Waals surface area contributed by atoms with Gasteiger partial charge in [0.25, 0.3) is 0 Å². The van der Waals surface area contributed by atoms with E-state index in [2.05, 4.69) is 455 Å². The highest BCUT2D eigenvalue weighted by Gasteiger charge is 2.56. The molecule has 2 atom stereocenters. The van der Waals surface area contributed by atoms with Crippen LogP contribution in [0, 0.1) is 0 Å². The first-order valence-corrected chi connectivity index (χ1v) is 50.4. The highest BCUT2D eigenvalue weighted by molar-refractivity contribution is 6.04. The first-order chi connectivity index (χ1) is 73.3. The Morgan fingerprint density at radius 2 is 0.466 bits per heavy atom. The van der Waals surface area contributed by atoms with Crippen LogP contribution in [0.1, 0.15) is 66.8 Å². The molecule has 0 bridgehead atoms. The maximum atomic E-state index is 7.51. The molecule has 10 heteroatoms. The van der Waals surface area contributed by atoms with Crippen LogP contribution in [0.5, 0.6) is 34.5 Å². The Bertz CT molecular complexity index is 9550. The first-order valence-electron chi connectivity index (χ1n) is 50.4. The second kappa shape index (κ2) is 33.3. The van der Waals surface area contributed by atoms with Gasteiger partial charge in [0.15, 0.2) is 17.5 Å². The number of fused-ring (bicyclic) bond motifs is 28. The van der Waals surface area contributed by atoms with Crippen molar-refractivity contribution in [3.63, 3.8) is 0 Å². The smallest absolute Gasteiger partial charge is 0.164 e. The molecule has 148 heavy (non-hydrogen) atoms. The Morgan fingerprint density at radius 1 is 0.155 bits per heavy atom. The monoisotopic (exact) mass is 1890 g/mol. The summed E-state index contributed by atoms with van der Waals surface area (Å²) >= 11 is 0. The minimum absolute atomic E-state index is 0.542. The van der Waals surface area contributed by atoms with Crippen molar-refractivity contribution >= 4 is 10.8 Å². The molecule has 0 N–H and O–H groups in total. The number of benzene rings is 20. The normalized spacial score (nSPS) is 14.8. The number of ether oxygens (including phenoxy) is 3. The van der Waals surface area contributed by atoms with E-state index in [0.29, 0.717) is 34.7 Å². The second-order valence-electron chi connectivity index (χ2n) is 38.9. The zero-order chi connectivity index (χ0) is 97.3. The van der Waals surface area contributed by atoms with Crippen molar-refractivity contribution in [2.75, 3.05) is 0 Å². The van der Waals surface area contributed by atoms with Crippen LogP contribution in [-0.2, 0) is 16.2 Å². The molecule has 4 aromatic heterocycles. The molecule has 0 saturated heterocycles. The summed E-state index contributed by atoms with van der Waals surface area (Å²) in [5.74, 6) is 6.13. The van der Waals surface area contributed by atoms with Gasteiger partial charge in [-0.25, -0.2) is 29.9 Å². The summed E-state index contributed by atoms with van der Waals surface area (Å²) in [5.41, 5.74) is 39.5. The summed E-state index contributed by atoms with van der Waals surface area (Å²) in [7, 11) is 0. The number of para-hydroxylation sites is 6. The molecule has 3 spiro atoms. The Kier molecular flexibility index (Phi) is 18.9. The fourth-order valence-electron chi connectivity index (χ4n) is 25.0. The third kappa shape index (κ3) is 12.7. The van der Waals surface area contributed by atoms with Crippen molar-refractivity contribution < 1.29 is 14.2 Å². The van der Waals surface area contributed by atoms with Gasteiger partial charge in [-0.1, -0.05) is 419 Å². The third-order valence-electron chi connectivity index (χ3n) is 31.3. The number of nitrogens with zero attached hydrogens (tertiary/aromatic N) is 7. The molecule has 20 aromatic carbocycles. The van der Waals surface area contributed by atoms with Gasteiger partial charge >= 0.3 is 0 Å². The molecule has 0 radical (unpaired) electrons. The zero-order valence-corrected chi connectivity index (χ0v) is 79.8. The largest absolute Gasteiger partial charge is 0.456 e. The van der Waals surface area contributed by atoms with E-state index >= 15 is 0 Å². The molecular weight excluding hydrogens is 1800 g/mol. The number of hydrogen-bond acceptors (Lipinski definition) is 10. The molecule has 10 nitrogen and oxygen atoms in total. The number of aromatic nitrogens is 7. The molecule has 688 valence electrons. The van der Waals surface area contributed by atoms with Crippen molar-refractivity contribution in [1.29, 1.82) is 0 Å². The lowest BCUT2D eigenvalue weighted by Gasteiger charge is -2.40. The fraction of sp³-hybridized carbons (Fsp3) is 0.0217. The fourth-order valence-corrected chi connectivity index (χ4v) is 25.0. The van der Waals surface area contributed by atoms with E-state index in [1.54, 1.807) is 6.20 Å². The predicted molar refractivity (Wildman–Crippen MR) is 591 cm³/mol. The summed E-state index contributed by atoms with van der Waals surface area (Å²) in [6.07, 6.45) is 1.81. The van der Waals surface area contributed by atoms with Crippen molar-refractivity contribution in [3.8, 4) is 214 Å². The van der Waals surface area contributed by atoms with Gasteiger partial charge in [-0.2, -0.15) is 0 Å². The number of pyridine rings is 1. The molecule has 7 heterocycles. The Morgan fingerprint density at radius 3 is 0.966 bits per heavy atom. The average molecular weight is 1890 g/mol. The van der Waals surface area contributed by atoms with Crippen molar-refractivity contribution in [2.45, 2.75) is 16.2 Å². The number of rotatable bonds is 13. The Hall–Kier alpha value is -19.6. The van der Waals surface area contributed by atoms with Gasteiger partial charge in [-0.05, 0) is 201 Å². The van der Waals surface area contributed by atoms with Gasteiger partial charge in [0.1, 0.15) is 34.5 Å². The van der Waals surface area contributed by atoms with E-state index in [-0.39, 0.29) is 0 Å². The molecule has 3 aliphatic carbocycles. The lowest BCUT2D eigenvalue weighted by molar-refractivity contribution is 0.437. The summed E-state index contributed by atoms with van der Waals surface area (Å²) in [6.45, 7) is 0. The molecule has 30 rings (SSSR count). The molecule has 2 unspecified atom stereocenters. The molecular formula is C138H83N7O3. The summed E-state index contributed by atoms with van der Waals surface area (Å²) in [6, 6.07) is 178. The number of hydrogen-bond donors (Lipinski definition) is 0. The third-order valence-corrected chi connectivity index (χ3v) is 31.3. The molecule has 0 fully saturated rings. The van der Waals surface area contributed by atoms with E-state index in [1.165, 1.54) is 33.4 Å². The Labute approximate surface area is 854 Å². The van der Waals surface area contributed by atoms with E-state index in [4.69, 9.17) is 49.1 Å². The van der Waals surface area contributed by atoms with Gasteiger partial charge in [-0.3, -0.25) is 4.98 Å². The van der Waals surface area contributed by atoms with Crippen LogP contribution in [0.25, 0.3) is 190 Å². The van der Waals surface area contributed by atoms with Crippen LogP contribution in [-0.4, -0.2) is 34.9 Å². The predicted octanol–water partition coefficient (Wildman–Crippen LogP) is 33.7. The van der Waals surface area contributed by atoms with Crippen LogP contribution >= 0.6 is 0 Å². The van der Waals surface area contributed by atoms with E-state index in [0.717, 1.165) is 224 Å². The highest BCUT2D eigenvalue weighted by atomic mass is 16.5. The maximum absolute atomic E-state index is 7.51. The zero-order valence-electron chi connectivity index (χ0n) is 79.8. The van der Waals surface area contributed by atoms with Crippen LogP contribution in [0.2, 0.25) is 0 Å². The van der Waals surface area contributed by atoms with Crippen LogP contribution in [0.3, 0.4) is 0 Å². The SMILES string of the molecule is c1ccc(-c2ccc(-c3cc(-c4ccc(-c5ccccc5-c5ccc6c(c5)-c5ccccc5C65c6ccccc6Oc6c(-c7nc(-c8ccccc8)cc(-c8cccc9cc(-c%10cccc%11c%10-c%10ccccc%10C%11%10c%11ccccc%11Oc%11c(-c%12nc(-c%13ccccc%13)cc(-c%13ccccn%13)n%12)cccc%11%10)ccc89)n7)cccc65)cc4)nc(-c4cccc5c4Oc4ccccc4C54c5ccccc5-c5ccccc54)n3)cc2)cc1. The van der Waals surface area contributed by atoms with E-state index in [1.807, 2.05) is 42.5 Å². The minimum Gasteiger partial charge on any atom is -0.456 e. The maximum Gasteiger partial charge on any atom is 0.164 e. The lowest BCUT2D eigenvalue weighted by atomic mass is 9.65. The summed E-state index contributed by atoms with van der Waals surface area (Å²) < 4.78 is 22.1. The molecule has 3 aliphatic heterocycles. The van der Waals surface area contributed by atoms with Crippen LogP contribution in [0.15, 0.2) is 504 Å². The molecule has 6 aliphatic rings. The second-order valence-corrected chi connectivity index (χ2v) is 38.9. The highest BCUT2D eigenvalue weighted by Crippen LogP contribution is 2.69. The molecule has 0 amide bonds. The van der Waals surface area contributed by atoms with Gasteiger partial charge < -0.3 is 14.2 Å². The molecule has 0 saturated carbocycles. The summed E-state index contributed by atoms with van der Waals surface area (Å²) in [5, 5.41) is 2.11. The van der Waals surface area contributed by atoms with Crippen molar-refractivity contribution in [2.24, 2.45) is 0 Å². The topological polar surface area (TPSA) is 118 Å². The van der Waals surface area contributed by atoms with Gasteiger partial charge in [0.05, 0.1) is 72.8 Å². The summed E-state index contributed by atoms with van der Waals surface area (Å²) in [4.78, 5) is 38.1. The lowest BCUT2D eigenvalue weighted by Crippen LogP contribution is -2.32. The standard InChI is InChI=1S/C138H83N7O3/c1-4-33-84(34-5-1)85-66-70-89(71-67-85)120-81-121(141-133(140-120)103-48-30-59-116-130(103)146-126-63-23-20-55-112(126)136(116)107-51-16-12-42-98(107)99-43-13-17-52-108(99)136)90-72-68-86(69-73-90)94-40-10-11-41-95(94)93-75-77-111-106(80-93)100-44-14-18-53-109(100)137(111)113-56-21-24-64-127(113)147-131-104(49-31-60-117(131)137)134-142-122(87-35-6-2-7-36-87)82-124(144-134)101-47-28-39-91-79-92(74-76-96(91)101)97-46-29-58-115-129(97)102-45-15-19-54-110(102)138(115)114-57-22-25-65-128(114)148-132-105(50-32-61-118(132)138)135-143-123(88-37-8-3-9-38-88)83-125(145-135)119-62-26-27-78-139-119/h1-83H. The van der Waals surface area contributed by atoms with E-state index in [9.17, 15) is 0 Å². The quantitative estimate of drug-likeness (QED) is 0.110. The van der Waals surface area contributed by atoms with Crippen molar-refractivity contribution in [1.82, 2.24) is 34.9 Å². The average Bonchev–Trinajstić information content (AvgIpc) is 1.54. The van der Waals surface area contributed by atoms with Crippen molar-refractivity contribution in [3.05, 3.63) is 570 Å². The first kappa shape index (κ1) is 84.2. The Balaban J connectivity index is 0.513. The van der Waals surface area contributed by atoms with Gasteiger partial charge in [0.2, 0.25) is 0 Å². The minimum atomic E-state index is -0.836. The molecule has 24 aromatic rings.